The number of unbranched alkanes of at least 4 members (excludes halogenated alkanes) is 2. The second kappa shape index (κ2) is 15.1. The minimum Gasteiger partial charge on any atom is -0.460 e. The molecule has 0 aromatic heterocycles. The van der Waals surface area contributed by atoms with Crippen molar-refractivity contribution in [2.45, 2.75) is 111 Å². The summed E-state index contributed by atoms with van der Waals surface area (Å²) in [6.45, 7) is 13.1. The fourth-order valence-corrected chi connectivity index (χ4v) is 4.70. The molecule has 0 radical (unpaired) electrons. The summed E-state index contributed by atoms with van der Waals surface area (Å²) in [5, 5.41) is 3.01. The Labute approximate surface area is 223 Å². The van der Waals surface area contributed by atoms with E-state index in [0.717, 1.165) is 37.7 Å². The number of likely N-dealkylation sites (tertiary alicyclic amines) is 1. The van der Waals surface area contributed by atoms with Crippen LogP contribution in [0.1, 0.15) is 92.1 Å². The van der Waals surface area contributed by atoms with E-state index in [-0.39, 0.29) is 36.2 Å². The first-order chi connectivity index (χ1) is 17.5. The molecule has 37 heavy (non-hydrogen) atoms. The van der Waals surface area contributed by atoms with Crippen LogP contribution in [0.5, 0.6) is 0 Å². The highest BCUT2D eigenvalue weighted by atomic mass is 16.6. The first-order valence-corrected chi connectivity index (χ1v) is 14.0. The Morgan fingerprint density at radius 3 is 2.43 bits per heavy atom. The van der Waals surface area contributed by atoms with Crippen molar-refractivity contribution in [2.75, 3.05) is 13.2 Å². The van der Waals surface area contributed by atoms with E-state index in [0.29, 0.717) is 26.2 Å². The number of nitrogens with zero attached hydrogens (tertiary/aromatic N) is 1. The fourth-order valence-electron chi connectivity index (χ4n) is 4.70. The molecule has 1 aromatic carbocycles. The Bertz CT molecular complexity index is 849. The lowest BCUT2D eigenvalue weighted by molar-refractivity contribution is -0.157. The maximum absolute atomic E-state index is 13.6. The number of esters is 1. The van der Waals surface area contributed by atoms with Crippen molar-refractivity contribution in [1.29, 1.82) is 0 Å². The summed E-state index contributed by atoms with van der Waals surface area (Å²) in [6.07, 6.45) is 5.28. The van der Waals surface area contributed by atoms with Crippen molar-refractivity contribution in [1.82, 2.24) is 10.2 Å². The Kier molecular flexibility index (Phi) is 12.6. The van der Waals surface area contributed by atoms with E-state index < -0.39 is 17.6 Å². The molecular weight excluding hydrogens is 468 g/mol. The highest BCUT2D eigenvalue weighted by Crippen LogP contribution is 2.23. The number of amides is 2. The van der Waals surface area contributed by atoms with Crippen LogP contribution in [0.3, 0.4) is 0 Å². The highest BCUT2D eigenvalue weighted by Gasteiger charge is 2.36. The third-order valence-electron chi connectivity index (χ3n) is 6.67. The predicted molar refractivity (Wildman–Crippen MR) is 146 cm³/mol. The van der Waals surface area contributed by atoms with Gasteiger partial charge in [0.05, 0.1) is 25.7 Å². The number of rotatable bonds is 14. The van der Waals surface area contributed by atoms with E-state index in [1.54, 1.807) is 0 Å². The summed E-state index contributed by atoms with van der Waals surface area (Å²) in [5.74, 6) is -1.30. The number of hydrogen-bond donors (Lipinski definition) is 1. The summed E-state index contributed by atoms with van der Waals surface area (Å²) in [7, 11) is 0. The molecule has 7 heteroatoms. The minimum atomic E-state index is -0.644. The number of ether oxygens (including phenoxy) is 2. The maximum atomic E-state index is 13.6. The fraction of sp³-hybridized carbons (Fsp3) is 0.700. The molecule has 1 aliphatic rings. The molecule has 208 valence electrons. The topological polar surface area (TPSA) is 84.9 Å². The third kappa shape index (κ3) is 10.8. The van der Waals surface area contributed by atoms with E-state index in [1.807, 2.05) is 69.9 Å². The molecule has 1 fully saturated rings. The largest absolute Gasteiger partial charge is 0.460 e. The summed E-state index contributed by atoms with van der Waals surface area (Å²) < 4.78 is 11.4. The zero-order valence-corrected chi connectivity index (χ0v) is 23.8. The normalized spacial score (nSPS) is 17.5. The van der Waals surface area contributed by atoms with Crippen molar-refractivity contribution < 1.29 is 23.9 Å². The first-order valence-electron chi connectivity index (χ1n) is 14.0. The molecule has 2 rings (SSSR count). The van der Waals surface area contributed by atoms with Crippen molar-refractivity contribution in [3.63, 3.8) is 0 Å². The lowest BCUT2D eigenvalue weighted by Gasteiger charge is -2.32. The van der Waals surface area contributed by atoms with Gasteiger partial charge < -0.3 is 19.7 Å². The smallest absolute Gasteiger partial charge is 0.307 e. The van der Waals surface area contributed by atoms with Crippen LogP contribution in [0.25, 0.3) is 0 Å². The van der Waals surface area contributed by atoms with Gasteiger partial charge in [-0.05, 0) is 51.5 Å². The summed E-state index contributed by atoms with van der Waals surface area (Å²) >= 11 is 0. The number of hydrogen-bond acceptors (Lipinski definition) is 5. The summed E-state index contributed by atoms with van der Waals surface area (Å²) in [6, 6.07) is 9.34. The second-order valence-electron chi connectivity index (χ2n) is 11.5. The van der Waals surface area contributed by atoms with Crippen molar-refractivity contribution in [2.24, 2.45) is 11.8 Å². The Morgan fingerprint density at radius 2 is 1.81 bits per heavy atom. The number of carbonyl (C=O) groups excluding carboxylic acids is 3. The third-order valence-corrected chi connectivity index (χ3v) is 6.67. The summed E-state index contributed by atoms with van der Waals surface area (Å²) in [5.41, 5.74) is 0.496. The van der Waals surface area contributed by atoms with Gasteiger partial charge in [-0.25, -0.2) is 0 Å². The van der Waals surface area contributed by atoms with Crippen LogP contribution in [0.2, 0.25) is 0 Å². The van der Waals surface area contributed by atoms with Gasteiger partial charge in [0.2, 0.25) is 11.8 Å². The maximum Gasteiger partial charge on any atom is 0.307 e. The van der Waals surface area contributed by atoms with Gasteiger partial charge in [0, 0.05) is 12.5 Å². The quantitative estimate of drug-likeness (QED) is 0.269. The Hall–Kier alpha value is -2.41. The lowest BCUT2D eigenvalue weighted by atomic mass is 9.94. The van der Waals surface area contributed by atoms with Gasteiger partial charge in [0.25, 0.3) is 0 Å². The molecule has 0 bridgehead atoms. The van der Waals surface area contributed by atoms with Crippen LogP contribution in [0.4, 0.5) is 0 Å². The molecule has 0 aliphatic carbocycles. The average Bonchev–Trinajstić information content (AvgIpc) is 3.29. The molecule has 2 amide bonds. The van der Waals surface area contributed by atoms with E-state index in [4.69, 9.17) is 9.47 Å². The predicted octanol–water partition coefficient (Wildman–Crippen LogP) is 5.26. The number of carbonyl (C=O) groups is 3. The van der Waals surface area contributed by atoms with Crippen LogP contribution in [0, 0.1) is 11.8 Å². The average molecular weight is 517 g/mol. The minimum absolute atomic E-state index is 0.00326. The lowest BCUT2D eigenvalue weighted by Crippen LogP contribution is -2.54. The molecule has 1 saturated heterocycles. The van der Waals surface area contributed by atoms with Crippen molar-refractivity contribution in [3.05, 3.63) is 35.9 Å². The molecule has 7 nitrogen and oxygen atoms in total. The summed E-state index contributed by atoms with van der Waals surface area (Å²) in [4.78, 5) is 41.4. The van der Waals surface area contributed by atoms with E-state index in [9.17, 15) is 14.4 Å². The second-order valence-corrected chi connectivity index (χ2v) is 11.5. The van der Waals surface area contributed by atoms with E-state index in [1.165, 1.54) is 0 Å². The molecule has 0 saturated carbocycles. The van der Waals surface area contributed by atoms with Crippen LogP contribution < -0.4 is 5.32 Å². The molecule has 1 aliphatic heterocycles. The van der Waals surface area contributed by atoms with Gasteiger partial charge in [-0.2, -0.15) is 0 Å². The van der Waals surface area contributed by atoms with Gasteiger partial charge in [0.15, 0.2) is 0 Å². The molecule has 1 heterocycles. The molecule has 3 atom stereocenters. The highest BCUT2D eigenvalue weighted by molar-refractivity contribution is 5.90. The Morgan fingerprint density at radius 1 is 1.11 bits per heavy atom. The molecule has 3 unspecified atom stereocenters. The monoisotopic (exact) mass is 516 g/mol. The number of nitrogens with one attached hydrogen (secondary N) is 1. The van der Waals surface area contributed by atoms with Gasteiger partial charge >= 0.3 is 5.97 Å². The Balaban J connectivity index is 2.02. The van der Waals surface area contributed by atoms with Crippen molar-refractivity contribution in [3.8, 4) is 0 Å². The van der Waals surface area contributed by atoms with Crippen LogP contribution in [-0.2, 0) is 30.5 Å². The first kappa shape index (κ1) is 30.8. The van der Waals surface area contributed by atoms with Gasteiger partial charge in [0.1, 0.15) is 11.6 Å². The van der Waals surface area contributed by atoms with Crippen LogP contribution in [-0.4, -0.2) is 53.5 Å². The van der Waals surface area contributed by atoms with E-state index in [2.05, 4.69) is 12.2 Å². The molecule has 1 N–H and O–H groups in total. The zero-order valence-electron chi connectivity index (χ0n) is 23.8. The number of benzene rings is 1. The van der Waals surface area contributed by atoms with Crippen molar-refractivity contribution >= 4 is 17.8 Å². The molecule has 1 aromatic rings. The van der Waals surface area contributed by atoms with Gasteiger partial charge in [-0.1, -0.05) is 70.4 Å². The SMILES string of the molecule is CCCCCC(CC(=O)OC(C)(C)C)C(=O)NC(C(=O)N1CCCC1COCc1ccccc1)C(C)C. The zero-order chi connectivity index (χ0) is 27.4. The van der Waals surface area contributed by atoms with Crippen LogP contribution >= 0.6 is 0 Å². The van der Waals surface area contributed by atoms with Gasteiger partial charge in [-0.3, -0.25) is 14.4 Å². The standard InChI is InChI=1S/C30H48N2O5/c1-7-8-10-16-24(19-26(33)37-30(4,5)6)28(34)31-27(22(2)3)29(35)32-18-13-17-25(32)21-36-20-23-14-11-9-12-15-23/h9,11-12,14-15,22,24-25,27H,7-8,10,13,16-21H2,1-6H3,(H,31,34). The molecule has 0 spiro atoms. The van der Waals surface area contributed by atoms with Gasteiger partial charge in [-0.15, -0.1) is 0 Å². The molecular formula is C30H48N2O5. The van der Waals surface area contributed by atoms with E-state index >= 15 is 0 Å². The van der Waals surface area contributed by atoms with Crippen LogP contribution in [0.15, 0.2) is 30.3 Å².